The van der Waals surface area contributed by atoms with Crippen molar-refractivity contribution in [3.63, 3.8) is 0 Å². The number of nitrogens with zero attached hydrogens (tertiary/aromatic N) is 2. The maximum absolute atomic E-state index is 6.11. The van der Waals surface area contributed by atoms with Crippen molar-refractivity contribution < 1.29 is 0 Å². The van der Waals surface area contributed by atoms with Crippen molar-refractivity contribution in [1.29, 1.82) is 0 Å². The van der Waals surface area contributed by atoms with Crippen LogP contribution >= 0.6 is 11.6 Å². The standard InChI is InChI=1S/C14H18ClN3/c1-3-11-9-12(18(4-2)17-11)10-16-14-8-6-5-7-13(14)15/h5-9,16H,3-4,10H2,1-2H3. The van der Waals surface area contributed by atoms with E-state index in [2.05, 4.69) is 30.3 Å². The van der Waals surface area contributed by atoms with Crippen molar-refractivity contribution in [3.8, 4) is 0 Å². The topological polar surface area (TPSA) is 29.9 Å². The number of hydrogen-bond donors (Lipinski definition) is 1. The first kappa shape index (κ1) is 13.0. The van der Waals surface area contributed by atoms with Gasteiger partial charge in [0.25, 0.3) is 0 Å². The molecule has 4 heteroatoms. The summed E-state index contributed by atoms with van der Waals surface area (Å²) in [6, 6.07) is 9.92. The largest absolute Gasteiger partial charge is 0.378 e. The van der Waals surface area contributed by atoms with Crippen LogP contribution in [0.3, 0.4) is 0 Å². The molecule has 0 saturated carbocycles. The Kier molecular flexibility index (Phi) is 4.26. The van der Waals surface area contributed by atoms with Crippen LogP contribution in [0.25, 0.3) is 0 Å². The van der Waals surface area contributed by atoms with Crippen molar-refractivity contribution >= 4 is 17.3 Å². The summed E-state index contributed by atoms with van der Waals surface area (Å²) < 4.78 is 2.03. The zero-order chi connectivity index (χ0) is 13.0. The zero-order valence-corrected chi connectivity index (χ0v) is 11.5. The number of para-hydroxylation sites is 1. The van der Waals surface area contributed by atoms with Crippen LogP contribution in [0.1, 0.15) is 25.2 Å². The Morgan fingerprint density at radius 2 is 2.06 bits per heavy atom. The quantitative estimate of drug-likeness (QED) is 0.891. The van der Waals surface area contributed by atoms with Crippen LogP contribution in [0.2, 0.25) is 5.02 Å². The van der Waals surface area contributed by atoms with Crippen LogP contribution in [0.5, 0.6) is 0 Å². The average molecular weight is 264 g/mol. The van der Waals surface area contributed by atoms with Gasteiger partial charge in [0.05, 0.1) is 28.6 Å². The Balaban J connectivity index is 2.10. The third-order valence-electron chi connectivity index (χ3n) is 2.91. The molecule has 1 aromatic heterocycles. The Bertz CT molecular complexity index is 520. The fourth-order valence-electron chi connectivity index (χ4n) is 1.89. The van der Waals surface area contributed by atoms with E-state index in [0.717, 1.165) is 35.9 Å². The molecule has 0 unspecified atom stereocenters. The van der Waals surface area contributed by atoms with Crippen molar-refractivity contribution in [3.05, 3.63) is 46.7 Å². The molecule has 0 saturated heterocycles. The molecule has 0 fully saturated rings. The highest BCUT2D eigenvalue weighted by molar-refractivity contribution is 6.33. The van der Waals surface area contributed by atoms with Gasteiger partial charge in [-0.2, -0.15) is 5.10 Å². The van der Waals surface area contributed by atoms with Gasteiger partial charge in [0.15, 0.2) is 0 Å². The second kappa shape index (κ2) is 5.91. The normalized spacial score (nSPS) is 10.6. The Hall–Kier alpha value is -1.48. The second-order valence-electron chi connectivity index (χ2n) is 4.13. The second-order valence-corrected chi connectivity index (χ2v) is 4.54. The summed E-state index contributed by atoms with van der Waals surface area (Å²) in [6.07, 6.45) is 0.964. The highest BCUT2D eigenvalue weighted by Crippen LogP contribution is 2.21. The van der Waals surface area contributed by atoms with E-state index in [4.69, 9.17) is 11.6 Å². The number of halogens is 1. The number of benzene rings is 1. The van der Waals surface area contributed by atoms with Crippen molar-refractivity contribution in [2.75, 3.05) is 5.32 Å². The van der Waals surface area contributed by atoms with E-state index in [1.165, 1.54) is 5.69 Å². The van der Waals surface area contributed by atoms with Gasteiger partial charge >= 0.3 is 0 Å². The highest BCUT2D eigenvalue weighted by Gasteiger charge is 2.06. The summed E-state index contributed by atoms with van der Waals surface area (Å²) >= 11 is 6.11. The van der Waals surface area contributed by atoms with Gasteiger partial charge in [0, 0.05) is 6.54 Å². The number of aromatic nitrogens is 2. The molecule has 2 rings (SSSR count). The Morgan fingerprint density at radius 3 is 2.72 bits per heavy atom. The van der Waals surface area contributed by atoms with Crippen LogP contribution in [0, 0.1) is 0 Å². The average Bonchev–Trinajstić information content (AvgIpc) is 2.80. The monoisotopic (exact) mass is 263 g/mol. The lowest BCUT2D eigenvalue weighted by Gasteiger charge is -2.09. The molecule has 96 valence electrons. The summed E-state index contributed by atoms with van der Waals surface area (Å²) in [6.45, 7) is 5.85. The number of hydrogen-bond acceptors (Lipinski definition) is 2. The number of rotatable bonds is 5. The third-order valence-corrected chi connectivity index (χ3v) is 3.24. The molecule has 18 heavy (non-hydrogen) atoms. The molecule has 1 N–H and O–H groups in total. The van der Waals surface area contributed by atoms with Gasteiger partial charge in [0.1, 0.15) is 0 Å². The minimum atomic E-state index is 0.741. The van der Waals surface area contributed by atoms with Crippen molar-refractivity contribution in [1.82, 2.24) is 9.78 Å². The molecule has 0 amide bonds. The van der Waals surface area contributed by atoms with E-state index in [0.29, 0.717) is 0 Å². The highest BCUT2D eigenvalue weighted by atomic mass is 35.5. The van der Waals surface area contributed by atoms with Crippen molar-refractivity contribution in [2.24, 2.45) is 0 Å². The van der Waals surface area contributed by atoms with Gasteiger partial charge in [-0.3, -0.25) is 4.68 Å². The third kappa shape index (κ3) is 2.85. The van der Waals surface area contributed by atoms with E-state index in [9.17, 15) is 0 Å². The maximum atomic E-state index is 6.11. The van der Waals surface area contributed by atoms with Gasteiger partial charge in [-0.05, 0) is 31.5 Å². The fourth-order valence-corrected chi connectivity index (χ4v) is 2.10. The molecule has 1 aromatic carbocycles. The predicted molar refractivity (Wildman–Crippen MR) is 76.1 cm³/mol. The minimum absolute atomic E-state index is 0.741. The van der Waals surface area contributed by atoms with Gasteiger partial charge in [0.2, 0.25) is 0 Å². The molecule has 1 heterocycles. The first-order chi connectivity index (χ1) is 8.74. The SMILES string of the molecule is CCc1cc(CNc2ccccc2Cl)n(CC)n1. The van der Waals surface area contributed by atoms with E-state index >= 15 is 0 Å². The molecule has 0 aliphatic carbocycles. The number of nitrogens with one attached hydrogen (secondary N) is 1. The molecule has 3 nitrogen and oxygen atoms in total. The van der Waals surface area contributed by atoms with Gasteiger partial charge in [-0.15, -0.1) is 0 Å². The number of anilines is 1. The zero-order valence-electron chi connectivity index (χ0n) is 10.8. The van der Waals surface area contributed by atoms with E-state index in [1.54, 1.807) is 0 Å². The molecule has 0 bridgehead atoms. The Labute approximate surface area is 113 Å². The smallest absolute Gasteiger partial charge is 0.0637 e. The molecular weight excluding hydrogens is 246 g/mol. The van der Waals surface area contributed by atoms with Gasteiger partial charge < -0.3 is 5.32 Å². The summed E-state index contributed by atoms with van der Waals surface area (Å²) in [5, 5.41) is 8.62. The summed E-state index contributed by atoms with van der Waals surface area (Å²) in [5.74, 6) is 0. The lowest BCUT2D eigenvalue weighted by Crippen LogP contribution is -2.08. The molecule has 0 radical (unpaired) electrons. The van der Waals surface area contributed by atoms with E-state index in [1.807, 2.05) is 28.9 Å². The molecule has 0 atom stereocenters. The van der Waals surface area contributed by atoms with Crippen LogP contribution < -0.4 is 5.32 Å². The maximum Gasteiger partial charge on any atom is 0.0637 e. The molecule has 0 aliphatic heterocycles. The first-order valence-electron chi connectivity index (χ1n) is 6.28. The van der Waals surface area contributed by atoms with Crippen LogP contribution in [-0.2, 0) is 19.5 Å². The summed E-state index contributed by atoms with van der Waals surface area (Å²) in [5.41, 5.74) is 3.28. The first-order valence-corrected chi connectivity index (χ1v) is 6.66. The van der Waals surface area contributed by atoms with Crippen LogP contribution in [0.4, 0.5) is 5.69 Å². The van der Waals surface area contributed by atoms with Crippen LogP contribution in [-0.4, -0.2) is 9.78 Å². The molecule has 0 aliphatic rings. The molecule has 0 spiro atoms. The fraction of sp³-hybridized carbons (Fsp3) is 0.357. The summed E-state index contributed by atoms with van der Waals surface area (Å²) in [7, 11) is 0. The molecular formula is C14H18ClN3. The summed E-state index contributed by atoms with van der Waals surface area (Å²) in [4.78, 5) is 0. The van der Waals surface area contributed by atoms with E-state index in [-0.39, 0.29) is 0 Å². The van der Waals surface area contributed by atoms with Gasteiger partial charge in [-0.1, -0.05) is 30.7 Å². The lowest BCUT2D eigenvalue weighted by molar-refractivity contribution is 0.619. The minimum Gasteiger partial charge on any atom is -0.378 e. The Morgan fingerprint density at radius 1 is 1.28 bits per heavy atom. The predicted octanol–water partition coefficient (Wildman–Crippen LogP) is 3.73. The number of aryl methyl sites for hydroxylation is 2. The van der Waals surface area contributed by atoms with Crippen LogP contribution in [0.15, 0.2) is 30.3 Å². The van der Waals surface area contributed by atoms with Gasteiger partial charge in [-0.25, -0.2) is 0 Å². The lowest BCUT2D eigenvalue weighted by atomic mass is 10.3. The van der Waals surface area contributed by atoms with E-state index < -0.39 is 0 Å². The van der Waals surface area contributed by atoms with Crippen molar-refractivity contribution in [2.45, 2.75) is 33.4 Å². The molecule has 2 aromatic rings.